The maximum atomic E-state index is 12.9. The lowest BCUT2D eigenvalue weighted by molar-refractivity contribution is 0.0929. The zero-order valence-corrected chi connectivity index (χ0v) is 16.1. The van der Waals surface area contributed by atoms with E-state index in [0.29, 0.717) is 22.7 Å². The summed E-state index contributed by atoms with van der Waals surface area (Å²) in [7, 11) is 1.81. The molecule has 0 saturated carbocycles. The Bertz CT molecular complexity index is 1020. The molecule has 1 atom stereocenters. The van der Waals surface area contributed by atoms with Gasteiger partial charge < -0.3 is 5.32 Å². The second kappa shape index (κ2) is 8.44. The molecule has 1 N–H and O–H groups in total. The molecule has 0 fully saturated rings. The van der Waals surface area contributed by atoms with Gasteiger partial charge in [-0.2, -0.15) is 10.4 Å². The van der Waals surface area contributed by atoms with Gasteiger partial charge in [-0.1, -0.05) is 26.0 Å². The fraction of sp³-hybridized carbons (Fsp3) is 0.286. The van der Waals surface area contributed by atoms with E-state index in [4.69, 9.17) is 0 Å². The van der Waals surface area contributed by atoms with Crippen molar-refractivity contribution >= 4 is 5.91 Å². The summed E-state index contributed by atoms with van der Waals surface area (Å²) >= 11 is 0. The van der Waals surface area contributed by atoms with Gasteiger partial charge >= 0.3 is 0 Å². The average Bonchev–Trinajstić information content (AvgIpc) is 3.13. The quantitative estimate of drug-likeness (QED) is 0.714. The van der Waals surface area contributed by atoms with Gasteiger partial charge in [-0.25, -0.2) is 4.98 Å². The van der Waals surface area contributed by atoms with Crippen LogP contribution in [0.5, 0.6) is 0 Å². The molecule has 7 nitrogen and oxygen atoms in total. The Morgan fingerprint density at radius 2 is 2.07 bits per heavy atom. The number of hydrogen-bond acceptors (Lipinski definition) is 5. The molecule has 0 aliphatic carbocycles. The Morgan fingerprint density at radius 1 is 1.25 bits per heavy atom. The lowest BCUT2D eigenvalue weighted by Crippen LogP contribution is -2.31. The molecule has 2 heterocycles. The number of hydrogen-bond donors (Lipinski definition) is 1. The molecule has 0 aliphatic heterocycles. The fourth-order valence-electron chi connectivity index (χ4n) is 3.10. The molecule has 1 aromatic carbocycles. The first-order valence-corrected chi connectivity index (χ1v) is 9.10. The predicted octanol–water partition coefficient (Wildman–Crippen LogP) is 3.27. The number of benzene rings is 1. The van der Waals surface area contributed by atoms with Gasteiger partial charge in [0, 0.05) is 24.4 Å². The number of carbonyl (C=O) groups is 1. The Balaban J connectivity index is 1.88. The summed E-state index contributed by atoms with van der Waals surface area (Å²) in [5.74, 6) is 0.889. The molecular formula is C21H22N6O. The molecular weight excluding hydrogens is 352 g/mol. The van der Waals surface area contributed by atoms with Crippen molar-refractivity contribution in [1.82, 2.24) is 25.1 Å². The predicted molar refractivity (Wildman–Crippen MR) is 105 cm³/mol. The average molecular weight is 374 g/mol. The summed E-state index contributed by atoms with van der Waals surface area (Å²) in [6, 6.07) is 12.5. The van der Waals surface area contributed by atoms with Crippen molar-refractivity contribution in [3.8, 4) is 17.3 Å². The van der Waals surface area contributed by atoms with E-state index >= 15 is 0 Å². The molecule has 2 aromatic heterocycles. The number of rotatable bonds is 6. The van der Waals surface area contributed by atoms with Crippen LogP contribution in [0.1, 0.15) is 48.1 Å². The van der Waals surface area contributed by atoms with Crippen molar-refractivity contribution in [3.05, 3.63) is 65.9 Å². The van der Waals surface area contributed by atoms with Gasteiger partial charge in [0.05, 0.1) is 17.3 Å². The largest absolute Gasteiger partial charge is 0.342 e. The van der Waals surface area contributed by atoms with Crippen molar-refractivity contribution in [2.45, 2.75) is 26.3 Å². The first-order valence-electron chi connectivity index (χ1n) is 9.10. The van der Waals surface area contributed by atoms with Crippen LogP contribution in [-0.4, -0.2) is 25.7 Å². The standard InChI is InChI=1S/C21H22N6O/c1-14(2)10-18(20-24-13-25-27(20)3)26-21(28)16-7-4-6-15(11-16)19-17(12-22)8-5-9-23-19/h4-9,11,13-14,18H,10H2,1-3H3,(H,26,28). The van der Waals surface area contributed by atoms with Gasteiger partial charge in [0.1, 0.15) is 18.2 Å². The zero-order chi connectivity index (χ0) is 20.1. The molecule has 1 unspecified atom stereocenters. The molecule has 3 aromatic rings. The van der Waals surface area contributed by atoms with Gasteiger partial charge in [0.15, 0.2) is 0 Å². The van der Waals surface area contributed by atoms with Crippen molar-refractivity contribution in [2.24, 2.45) is 13.0 Å². The summed E-state index contributed by atoms with van der Waals surface area (Å²) in [6.07, 6.45) is 3.87. The van der Waals surface area contributed by atoms with Gasteiger partial charge in [-0.15, -0.1) is 0 Å². The topological polar surface area (TPSA) is 96.5 Å². The van der Waals surface area contributed by atoms with Crippen molar-refractivity contribution < 1.29 is 4.79 Å². The van der Waals surface area contributed by atoms with Gasteiger partial charge in [-0.05, 0) is 36.6 Å². The summed E-state index contributed by atoms with van der Waals surface area (Å²) in [5, 5.41) is 16.5. The first-order chi connectivity index (χ1) is 13.5. The molecule has 0 spiro atoms. The third kappa shape index (κ3) is 4.23. The molecule has 0 saturated heterocycles. The maximum Gasteiger partial charge on any atom is 0.251 e. The maximum absolute atomic E-state index is 12.9. The number of aryl methyl sites for hydroxylation is 1. The minimum Gasteiger partial charge on any atom is -0.342 e. The van der Waals surface area contributed by atoms with Gasteiger partial charge in [0.2, 0.25) is 0 Å². The summed E-state index contributed by atoms with van der Waals surface area (Å²) in [6.45, 7) is 4.20. The minimum absolute atomic E-state index is 0.204. The first kappa shape index (κ1) is 19.2. The van der Waals surface area contributed by atoms with Crippen LogP contribution in [0.25, 0.3) is 11.3 Å². The highest BCUT2D eigenvalue weighted by Gasteiger charge is 2.21. The highest BCUT2D eigenvalue weighted by atomic mass is 16.1. The molecule has 142 valence electrons. The monoisotopic (exact) mass is 374 g/mol. The van der Waals surface area contributed by atoms with Crippen molar-refractivity contribution in [2.75, 3.05) is 0 Å². The van der Waals surface area contributed by atoms with E-state index < -0.39 is 0 Å². The number of nitriles is 1. The SMILES string of the molecule is CC(C)CC(NC(=O)c1cccc(-c2ncccc2C#N)c1)c1ncnn1C. The van der Waals surface area contributed by atoms with Crippen LogP contribution in [0.3, 0.4) is 0 Å². The number of carbonyl (C=O) groups excluding carboxylic acids is 1. The van der Waals surface area contributed by atoms with Crippen LogP contribution in [0.15, 0.2) is 48.9 Å². The van der Waals surface area contributed by atoms with Crippen LogP contribution < -0.4 is 5.32 Å². The second-order valence-electron chi connectivity index (χ2n) is 6.99. The number of amides is 1. The number of aromatic nitrogens is 4. The van der Waals surface area contributed by atoms with E-state index in [2.05, 4.69) is 40.3 Å². The minimum atomic E-state index is -0.242. The van der Waals surface area contributed by atoms with E-state index in [1.54, 1.807) is 41.2 Å². The number of pyridine rings is 1. The Hall–Kier alpha value is -3.53. The lowest BCUT2D eigenvalue weighted by atomic mass is 10.0. The van der Waals surface area contributed by atoms with Crippen LogP contribution in [0, 0.1) is 17.2 Å². The highest BCUT2D eigenvalue weighted by Crippen LogP contribution is 2.23. The molecule has 7 heteroatoms. The van der Waals surface area contributed by atoms with Crippen LogP contribution >= 0.6 is 0 Å². The molecule has 28 heavy (non-hydrogen) atoms. The van der Waals surface area contributed by atoms with Gasteiger partial charge in [-0.3, -0.25) is 14.5 Å². The van der Waals surface area contributed by atoms with E-state index in [9.17, 15) is 10.1 Å². The summed E-state index contributed by atoms with van der Waals surface area (Å²) in [5.41, 5.74) is 2.26. The highest BCUT2D eigenvalue weighted by molar-refractivity contribution is 5.95. The van der Waals surface area contributed by atoms with Crippen LogP contribution in [-0.2, 0) is 7.05 Å². The summed E-state index contributed by atoms with van der Waals surface area (Å²) in [4.78, 5) is 21.5. The second-order valence-corrected chi connectivity index (χ2v) is 6.99. The molecule has 3 rings (SSSR count). The van der Waals surface area contributed by atoms with Crippen molar-refractivity contribution in [3.63, 3.8) is 0 Å². The Labute approximate surface area is 164 Å². The van der Waals surface area contributed by atoms with Crippen molar-refractivity contribution in [1.29, 1.82) is 5.26 Å². The Kier molecular flexibility index (Phi) is 5.80. The van der Waals surface area contributed by atoms with E-state index in [1.165, 1.54) is 6.33 Å². The van der Waals surface area contributed by atoms with E-state index in [0.717, 1.165) is 17.8 Å². The van der Waals surface area contributed by atoms with E-state index in [1.807, 2.05) is 13.1 Å². The lowest BCUT2D eigenvalue weighted by Gasteiger charge is -2.20. The van der Waals surface area contributed by atoms with Crippen LogP contribution in [0.4, 0.5) is 0 Å². The van der Waals surface area contributed by atoms with Crippen LogP contribution in [0.2, 0.25) is 0 Å². The third-order valence-corrected chi connectivity index (χ3v) is 4.40. The van der Waals surface area contributed by atoms with E-state index in [-0.39, 0.29) is 11.9 Å². The molecule has 1 amide bonds. The Morgan fingerprint density at radius 3 is 2.75 bits per heavy atom. The third-order valence-electron chi connectivity index (χ3n) is 4.40. The molecule has 0 bridgehead atoms. The number of nitrogens with zero attached hydrogens (tertiary/aromatic N) is 5. The molecule has 0 radical (unpaired) electrons. The fourth-order valence-corrected chi connectivity index (χ4v) is 3.10. The normalized spacial score (nSPS) is 11.8. The molecule has 0 aliphatic rings. The van der Waals surface area contributed by atoms with Gasteiger partial charge in [0.25, 0.3) is 5.91 Å². The number of nitrogens with one attached hydrogen (secondary N) is 1. The summed E-state index contributed by atoms with van der Waals surface area (Å²) < 4.78 is 1.68. The smallest absolute Gasteiger partial charge is 0.251 e. The zero-order valence-electron chi connectivity index (χ0n) is 16.1.